The first-order valence-electron chi connectivity index (χ1n) is 10.8. The first-order valence-corrected chi connectivity index (χ1v) is 11.4. The van der Waals surface area contributed by atoms with Gasteiger partial charge in [0.2, 0.25) is 23.6 Å². The fourth-order valence-electron chi connectivity index (χ4n) is 3.09. The van der Waals surface area contributed by atoms with Crippen LogP contribution >= 0.6 is 12.6 Å². The monoisotopic (exact) mass is 495 g/mol. The zero-order valence-electron chi connectivity index (χ0n) is 19.2. The average molecular weight is 496 g/mol. The molecule has 8 N–H and O–H groups in total. The van der Waals surface area contributed by atoms with E-state index in [-0.39, 0.29) is 18.1 Å². The lowest BCUT2D eigenvalue weighted by Crippen LogP contribution is -2.58. The Labute approximate surface area is 203 Å². The molecular formula is C22H33N5O6S. The molecule has 1 aromatic carbocycles. The van der Waals surface area contributed by atoms with Crippen molar-refractivity contribution in [2.75, 3.05) is 5.75 Å². The van der Waals surface area contributed by atoms with Gasteiger partial charge in [0.15, 0.2) is 0 Å². The fourth-order valence-corrected chi connectivity index (χ4v) is 3.35. The van der Waals surface area contributed by atoms with E-state index in [4.69, 9.17) is 11.5 Å². The molecule has 0 saturated carbocycles. The number of nitrogens with one attached hydrogen (secondary N) is 3. The number of thiol groups is 1. The van der Waals surface area contributed by atoms with E-state index < -0.39 is 60.2 Å². The van der Waals surface area contributed by atoms with Gasteiger partial charge in [0.1, 0.15) is 18.1 Å². The van der Waals surface area contributed by atoms with Gasteiger partial charge in [-0.3, -0.25) is 19.2 Å². The van der Waals surface area contributed by atoms with Crippen molar-refractivity contribution in [2.45, 2.75) is 57.3 Å². The summed E-state index contributed by atoms with van der Waals surface area (Å²) in [6, 6.07) is 3.97. The number of hydrogen-bond acceptors (Lipinski definition) is 7. The number of aliphatic carboxylic acids is 1. The quantitative estimate of drug-likeness (QED) is 0.160. The lowest BCUT2D eigenvalue weighted by atomic mass is 10.0. The van der Waals surface area contributed by atoms with Gasteiger partial charge in [0, 0.05) is 12.2 Å². The van der Waals surface area contributed by atoms with Crippen LogP contribution in [0.15, 0.2) is 30.3 Å². The normalized spacial score (nSPS) is 14.4. The summed E-state index contributed by atoms with van der Waals surface area (Å²) in [6.07, 6.45) is -0.127. The summed E-state index contributed by atoms with van der Waals surface area (Å²) < 4.78 is 0. The topological polar surface area (TPSA) is 194 Å². The first kappa shape index (κ1) is 28.9. The van der Waals surface area contributed by atoms with Gasteiger partial charge < -0.3 is 32.5 Å². The number of nitrogens with two attached hydrogens (primary N) is 2. The highest BCUT2D eigenvalue weighted by Crippen LogP contribution is 2.06. The van der Waals surface area contributed by atoms with Gasteiger partial charge in [-0.15, -0.1) is 0 Å². The maximum absolute atomic E-state index is 12.7. The van der Waals surface area contributed by atoms with E-state index in [2.05, 4.69) is 28.6 Å². The minimum atomic E-state index is -1.36. The van der Waals surface area contributed by atoms with Gasteiger partial charge in [-0.25, -0.2) is 4.79 Å². The highest BCUT2D eigenvalue weighted by molar-refractivity contribution is 7.80. The van der Waals surface area contributed by atoms with Crippen molar-refractivity contribution in [1.29, 1.82) is 0 Å². The summed E-state index contributed by atoms with van der Waals surface area (Å²) in [5.41, 5.74) is 11.7. The number of carboxylic acid groups (broad SMARTS) is 1. The van der Waals surface area contributed by atoms with Crippen LogP contribution in [0.1, 0.15) is 32.3 Å². The van der Waals surface area contributed by atoms with Crippen LogP contribution in [0, 0.1) is 5.92 Å². The molecule has 1 rings (SSSR count). The Kier molecular flexibility index (Phi) is 12.1. The zero-order valence-corrected chi connectivity index (χ0v) is 20.1. The van der Waals surface area contributed by atoms with Crippen LogP contribution in [0.3, 0.4) is 0 Å². The van der Waals surface area contributed by atoms with Crippen molar-refractivity contribution in [3.05, 3.63) is 35.9 Å². The van der Waals surface area contributed by atoms with Crippen molar-refractivity contribution in [1.82, 2.24) is 16.0 Å². The fraction of sp³-hybridized carbons (Fsp3) is 0.500. The molecule has 188 valence electrons. The Morgan fingerprint density at radius 3 is 1.94 bits per heavy atom. The molecule has 4 unspecified atom stereocenters. The van der Waals surface area contributed by atoms with Crippen LogP contribution in [0.4, 0.5) is 0 Å². The van der Waals surface area contributed by atoms with Crippen molar-refractivity contribution < 1.29 is 29.1 Å². The van der Waals surface area contributed by atoms with Gasteiger partial charge in [0.05, 0.1) is 12.5 Å². The van der Waals surface area contributed by atoms with Crippen LogP contribution in [0.25, 0.3) is 0 Å². The first-order chi connectivity index (χ1) is 15.9. The Morgan fingerprint density at radius 2 is 1.44 bits per heavy atom. The number of benzene rings is 1. The number of carboxylic acids is 1. The molecule has 0 spiro atoms. The summed E-state index contributed by atoms with van der Waals surface area (Å²) in [5, 5.41) is 16.6. The molecule has 0 bridgehead atoms. The van der Waals surface area contributed by atoms with E-state index in [1.54, 1.807) is 30.3 Å². The molecule has 0 aromatic heterocycles. The standard InChI is InChI=1S/C22H33N5O6S/c1-12(2)8-14(23)19(29)25-15(10-18(24)28)20(30)27-17(11-34)21(31)26-16(22(32)33)9-13-6-4-3-5-7-13/h3-7,12,14-17,34H,8-11,23H2,1-2H3,(H2,24,28)(H,25,29)(H,26,31)(H,27,30)(H,32,33). The highest BCUT2D eigenvalue weighted by Gasteiger charge is 2.30. The number of amides is 4. The number of rotatable bonds is 14. The van der Waals surface area contributed by atoms with Crippen molar-refractivity contribution in [2.24, 2.45) is 17.4 Å². The van der Waals surface area contributed by atoms with Crippen LogP contribution in [0.5, 0.6) is 0 Å². The molecule has 1 aromatic rings. The molecule has 11 nitrogen and oxygen atoms in total. The van der Waals surface area contributed by atoms with Crippen LogP contribution in [0.2, 0.25) is 0 Å². The maximum atomic E-state index is 12.7. The van der Waals surface area contributed by atoms with E-state index in [1.165, 1.54) is 0 Å². The molecule has 0 aliphatic heterocycles. The molecule has 0 radical (unpaired) electrons. The number of carbonyl (C=O) groups is 5. The predicted molar refractivity (Wildman–Crippen MR) is 129 cm³/mol. The Morgan fingerprint density at radius 1 is 0.912 bits per heavy atom. The lowest BCUT2D eigenvalue weighted by Gasteiger charge is -2.24. The van der Waals surface area contributed by atoms with Crippen LogP contribution in [-0.2, 0) is 30.4 Å². The second-order valence-electron chi connectivity index (χ2n) is 8.30. The van der Waals surface area contributed by atoms with Crippen molar-refractivity contribution >= 4 is 42.2 Å². The molecule has 0 saturated heterocycles. The van der Waals surface area contributed by atoms with Gasteiger partial charge >= 0.3 is 5.97 Å². The highest BCUT2D eigenvalue weighted by atomic mass is 32.1. The van der Waals surface area contributed by atoms with Gasteiger partial charge in [-0.1, -0.05) is 44.2 Å². The van der Waals surface area contributed by atoms with Crippen LogP contribution < -0.4 is 27.4 Å². The molecule has 0 fully saturated rings. The summed E-state index contributed by atoms with van der Waals surface area (Å²) in [6.45, 7) is 3.75. The van der Waals surface area contributed by atoms with Crippen molar-refractivity contribution in [3.63, 3.8) is 0 Å². The third-order valence-electron chi connectivity index (χ3n) is 4.81. The van der Waals surface area contributed by atoms with Gasteiger partial charge in [0.25, 0.3) is 0 Å². The lowest BCUT2D eigenvalue weighted by molar-refractivity contribution is -0.142. The molecule has 12 heteroatoms. The maximum Gasteiger partial charge on any atom is 0.326 e. The van der Waals surface area contributed by atoms with Crippen LogP contribution in [-0.4, -0.2) is 64.6 Å². The minimum Gasteiger partial charge on any atom is -0.480 e. The Bertz CT molecular complexity index is 867. The summed E-state index contributed by atoms with van der Waals surface area (Å²) >= 11 is 4.06. The van der Waals surface area contributed by atoms with E-state index in [9.17, 15) is 29.1 Å². The summed E-state index contributed by atoms with van der Waals surface area (Å²) in [7, 11) is 0. The number of primary amides is 1. The van der Waals surface area contributed by atoms with Crippen molar-refractivity contribution in [3.8, 4) is 0 Å². The average Bonchev–Trinajstić information content (AvgIpc) is 2.75. The zero-order chi connectivity index (χ0) is 25.8. The SMILES string of the molecule is CC(C)CC(N)C(=O)NC(CC(N)=O)C(=O)NC(CS)C(=O)NC(Cc1ccccc1)C(=O)O. The molecule has 0 aliphatic carbocycles. The van der Waals surface area contributed by atoms with E-state index in [0.29, 0.717) is 12.0 Å². The molecule has 34 heavy (non-hydrogen) atoms. The molecular weight excluding hydrogens is 462 g/mol. The number of hydrogen-bond donors (Lipinski definition) is 7. The Balaban J connectivity index is 2.87. The largest absolute Gasteiger partial charge is 0.480 e. The minimum absolute atomic E-state index is 0.0310. The smallest absolute Gasteiger partial charge is 0.326 e. The van der Waals surface area contributed by atoms with Gasteiger partial charge in [-0.05, 0) is 17.9 Å². The molecule has 0 heterocycles. The third kappa shape index (κ3) is 10.2. The van der Waals surface area contributed by atoms with E-state index in [1.807, 2.05) is 13.8 Å². The Hall–Kier alpha value is -3.12. The van der Waals surface area contributed by atoms with E-state index >= 15 is 0 Å². The predicted octanol–water partition coefficient (Wildman–Crippen LogP) is -1.05. The second-order valence-corrected chi connectivity index (χ2v) is 8.67. The summed E-state index contributed by atoms with van der Waals surface area (Å²) in [5.74, 6) is -4.42. The summed E-state index contributed by atoms with van der Waals surface area (Å²) in [4.78, 5) is 60.8. The van der Waals surface area contributed by atoms with E-state index in [0.717, 1.165) is 0 Å². The van der Waals surface area contributed by atoms with Gasteiger partial charge in [-0.2, -0.15) is 12.6 Å². The number of carbonyl (C=O) groups excluding carboxylic acids is 4. The third-order valence-corrected chi connectivity index (χ3v) is 5.18. The second kappa shape index (κ2) is 14.2. The molecule has 4 atom stereocenters. The molecule has 0 aliphatic rings. The molecule has 4 amide bonds.